The summed E-state index contributed by atoms with van der Waals surface area (Å²) in [6.07, 6.45) is 0.599. The Morgan fingerprint density at radius 2 is 1.13 bits per heavy atom. The van der Waals surface area contributed by atoms with E-state index in [1.54, 1.807) is 12.1 Å². The molecule has 116 valence electrons. The molecule has 0 atom stereocenters. The first-order valence-electron chi connectivity index (χ1n) is 7.71. The van der Waals surface area contributed by atoms with Crippen LogP contribution in [0.15, 0.2) is 84.9 Å². The molecule has 0 N–H and O–H groups in total. The lowest BCUT2D eigenvalue weighted by molar-refractivity contribution is 0.682. The zero-order chi connectivity index (χ0) is 16.1. The monoisotopic (exact) mass is 324 g/mol. The van der Waals surface area contributed by atoms with Gasteiger partial charge in [-0.15, -0.1) is 0 Å². The molecule has 0 saturated carbocycles. The van der Waals surface area contributed by atoms with E-state index in [-0.39, 0.29) is 11.1 Å². The van der Waals surface area contributed by atoms with E-state index in [1.807, 2.05) is 48.5 Å². The fourth-order valence-corrected chi connectivity index (χ4v) is 3.70. The minimum atomic E-state index is -3.81. The van der Waals surface area contributed by atoms with Crippen molar-refractivity contribution in [1.29, 1.82) is 0 Å². The van der Waals surface area contributed by atoms with Crippen molar-refractivity contribution >= 4 is 14.7 Å². The van der Waals surface area contributed by atoms with E-state index in [9.17, 15) is 8.22 Å². The van der Waals surface area contributed by atoms with E-state index in [0.717, 1.165) is 16.7 Å². The largest absolute Gasteiger partial charge is 0.441 e. The van der Waals surface area contributed by atoms with Crippen LogP contribution in [-0.2, 0) is 6.42 Å². The first-order valence-corrected chi connectivity index (χ1v) is 9.16. The fraction of sp³-hybridized carbons (Fsp3) is 0.100. The van der Waals surface area contributed by atoms with Crippen LogP contribution in [0.1, 0.15) is 22.6 Å². The van der Waals surface area contributed by atoms with E-state index in [2.05, 4.69) is 24.3 Å². The second kappa shape index (κ2) is 7.33. The summed E-state index contributed by atoms with van der Waals surface area (Å²) in [5.41, 5.74) is 3.08. The molecule has 0 aliphatic heterocycles. The zero-order valence-corrected chi connectivity index (χ0v) is 13.9. The normalized spacial score (nSPS) is 11.1. The fourth-order valence-electron chi connectivity index (χ4n) is 2.95. The minimum Gasteiger partial charge on any atom is -0.269 e. The smallest absolute Gasteiger partial charge is 0.269 e. The Bertz CT molecular complexity index is 702. The van der Waals surface area contributed by atoms with Crippen molar-refractivity contribution in [3.8, 4) is 0 Å². The number of hydrogen-bond donors (Lipinski definition) is 0. The average molecular weight is 324 g/mol. The van der Waals surface area contributed by atoms with Crippen molar-refractivity contribution in [3.63, 3.8) is 0 Å². The number of halogens is 2. The number of benzene rings is 3. The van der Waals surface area contributed by atoms with E-state index in [1.165, 1.54) is 0 Å². The van der Waals surface area contributed by atoms with Gasteiger partial charge in [0, 0.05) is 11.1 Å². The van der Waals surface area contributed by atoms with Gasteiger partial charge in [-0.25, -0.2) is 0 Å². The van der Waals surface area contributed by atoms with Gasteiger partial charge in [0.25, 0.3) is 0 Å². The Morgan fingerprint density at radius 3 is 1.65 bits per heavy atom. The number of rotatable bonds is 5. The molecule has 23 heavy (non-hydrogen) atoms. The summed E-state index contributed by atoms with van der Waals surface area (Å²) >= 11 is 0. The summed E-state index contributed by atoms with van der Waals surface area (Å²) in [5, 5.41) is 0.268. The Morgan fingerprint density at radius 1 is 0.652 bits per heavy atom. The van der Waals surface area contributed by atoms with Gasteiger partial charge in [0.05, 0.1) is 0 Å². The first kappa shape index (κ1) is 15.6. The summed E-state index contributed by atoms with van der Waals surface area (Å²) < 4.78 is 26.8. The maximum atomic E-state index is 13.4. The molecule has 0 saturated heterocycles. The zero-order valence-electron chi connectivity index (χ0n) is 12.7. The van der Waals surface area contributed by atoms with Gasteiger partial charge in [0.2, 0.25) is 0 Å². The lowest BCUT2D eigenvalue weighted by atomic mass is 9.86. The van der Waals surface area contributed by atoms with Gasteiger partial charge in [-0.1, -0.05) is 84.9 Å². The predicted octanol–water partition coefficient (Wildman–Crippen LogP) is 4.43. The third kappa shape index (κ3) is 3.74. The molecule has 0 bridgehead atoms. The molecule has 0 radical (unpaired) electrons. The lowest BCUT2D eigenvalue weighted by Crippen LogP contribution is -2.26. The third-order valence-electron chi connectivity index (χ3n) is 4.12. The highest BCUT2D eigenvalue weighted by Crippen LogP contribution is 2.28. The molecule has 0 amide bonds. The molecule has 0 aliphatic carbocycles. The van der Waals surface area contributed by atoms with E-state index >= 15 is 0 Å². The minimum absolute atomic E-state index is 0.0892. The van der Waals surface area contributed by atoms with Crippen molar-refractivity contribution in [2.45, 2.75) is 12.3 Å². The average Bonchev–Trinajstić information content (AvgIpc) is 2.61. The Balaban J connectivity index is 2.01. The Hall–Kier alpha value is -2.26. The third-order valence-corrected chi connectivity index (χ3v) is 5.15. The van der Waals surface area contributed by atoms with E-state index in [0.29, 0.717) is 6.42 Å². The summed E-state index contributed by atoms with van der Waals surface area (Å²) in [4.78, 5) is 0. The van der Waals surface area contributed by atoms with Gasteiger partial charge in [-0.05, 0) is 23.1 Å². The van der Waals surface area contributed by atoms with E-state index < -0.39 is 9.46 Å². The summed E-state index contributed by atoms with van der Waals surface area (Å²) in [7, 11) is -3.81. The summed E-state index contributed by atoms with van der Waals surface area (Å²) in [5.74, 6) is 0.0892. The molecule has 3 rings (SSSR count). The van der Waals surface area contributed by atoms with Gasteiger partial charge in [-0.2, -0.15) is 0 Å². The van der Waals surface area contributed by atoms with Crippen molar-refractivity contribution in [3.05, 3.63) is 102 Å². The number of hydrogen-bond acceptors (Lipinski definition) is 0. The molecule has 0 unspecified atom stereocenters. The summed E-state index contributed by atoms with van der Waals surface area (Å²) in [6, 6.07) is 27.2. The molecule has 0 spiro atoms. The van der Waals surface area contributed by atoms with Gasteiger partial charge in [0.15, 0.2) is 0 Å². The van der Waals surface area contributed by atoms with Crippen LogP contribution < -0.4 is 5.19 Å². The van der Waals surface area contributed by atoms with E-state index in [4.69, 9.17) is 0 Å². The van der Waals surface area contributed by atoms with Gasteiger partial charge in [-0.3, -0.25) is 8.22 Å². The quantitative estimate of drug-likeness (QED) is 0.481. The second-order valence-electron chi connectivity index (χ2n) is 5.58. The molecule has 3 aromatic carbocycles. The molecule has 0 aromatic heterocycles. The molecular formula is C20H18F2Si. The first-order chi connectivity index (χ1) is 11.3. The maximum absolute atomic E-state index is 13.4. The van der Waals surface area contributed by atoms with Crippen LogP contribution >= 0.6 is 0 Å². The van der Waals surface area contributed by atoms with Crippen LogP contribution in [0.5, 0.6) is 0 Å². The molecular weight excluding hydrogens is 306 g/mol. The highest BCUT2D eigenvalue weighted by Gasteiger charge is 2.20. The van der Waals surface area contributed by atoms with Gasteiger partial charge in [0.1, 0.15) is 0 Å². The molecule has 3 heteroatoms. The van der Waals surface area contributed by atoms with Crippen LogP contribution in [0.2, 0.25) is 0 Å². The molecule has 3 aromatic rings. The van der Waals surface area contributed by atoms with Crippen LogP contribution in [0.4, 0.5) is 8.22 Å². The molecule has 0 heterocycles. The SMILES string of the molecule is F[SiH](F)c1ccccc1CC(c1ccccc1)c1ccccc1. The van der Waals surface area contributed by atoms with Crippen molar-refractivity contribution in [1.82, 2.24) is 0 Å². The maximum Gasteiger partial charge on any atom is 0.441 e. The highest BCUT2D eigenvalue weighted by molar-refractivity contribution is 6.60. The predicted molar refractivity (Wildman–Crippen MR) is 93.9 cm³/mol. The summed E-state index contributed by atoms with van der Waals surface area (Å²) in [6.45, 7) is 0. The van der Waals surface area contributed by atoms with Crippen molar-refractivity contribution in [2.24, 2.45) is 0 Å². The Kier molecular flexibility index (Phi) is 4.98. The molecule has 0 nitrogen and oxygen atoms in total. The van der Waals surface area contributed by atoms with Crippen LogP contribution in [-0.4, -0.2) is 9.46 Å². The van der Waals surface area contributed by atoms with Gasteiger partial charge < -0.3 is 0 Å². The molecule has 0 fully saturated rings. The van der Waals surface area contributed by atoms with Crippen molar-refractivity contribution < 1.29 is 8.22 Å². The lowest BCUT2D eigenvalue weighted by Gasteiger charge is -2.20. The topological polar surface area (TPSA) is 0 Å². The van der Waals surface area contributed by atoms with Crippen LogP contribution in [0.3, 0.4) is 0 Å². The van der Waals surface area contributed by atoms with Crippen LogP contribution in [0.25, 0.3) is 0 Å². The standard InChI is InChI=1S/C20H18F2Si/c21-23(22)20-14-8-7-13-18(20)15-19(16-9-3-1-4-10-16)17-11-5-2-6-12-17/h1-14,19,23H,15H2. The van der Waals surface area contributed by atoms with Crippen LogP contribution in [0, 0.1) is 0 Å². The highest BCUT2D eigenvalue weighted by atomic mass is 28.4. The Labute approximate surface area is 137 Å². The van der Waals surface area contributed by atoms with Gasteiger partial charge >= 0.3 is 9.46 Å². The second-order valence-corrected chi connectivity index (χ2v) is 6.80. The molecule has 0 aliphatic rings. The van der Waals surface area contributed by atoms with Crippen molar-refractivity contribution in [2.75, 3.05) is 0 Å².